The number of carbonyl (C=O) groups excluding carboxylic acids is 1. The molecule has 0 spiro atoms. The van der Waals surface area contributed by atoms with E-state index in [1.165, 1.54) is 0 Å². The van der Waals surface area contributed by atoms with Crippen LogP contribution in [0.25, 0.3) is 0 Å². The fourth-order valence-corrected chi connectivity index (χ4v) is 2.02. The molecular weight excluding hydrogens is 274 g/mol. The highest BCUT2D eigenvalue weighted by molar-refractivity contribution is 5.75. The Labute approximate surface area is 124 Å². The molecule has 1 aliphatic rings. The molecular formula is C15H21NO5. The van der Waals surface area contributed by atoms with Gasteiger partial charge in [-0.1, -0.05) is 6.07 Å². The Bertz CT molecular complexity index is 491. The Balaban J connectivity index is 1.91. The monoisotopic (exact) mass is 295 g/mol. The third kappa shape index (κ3) is 4.09. The van der Waals surface area contributed by atoms with Crippen LogP contribution in [-0.4, -0.2) is 43.5 Å². The van der Waals surface area contributed by atoms with Gasteiger partial charge in [0.05, 0.1) is 12.7 Å². The van der Waals surface area contributed by atoms with Gasteiger partial charge in [0.1, 0.15) is 19.3 Å². The van der Waals surface area contributed by atoms with Crippen molar-refractivity contribution < 1.29 is 24.1 Å². The number of rotatable bonds is 6. The van der Waals surface area contributed by atoms with Gasteiger partial charge in [0.15, 0.2) is 11.5 Å². The summed E-state index contributed by atoms with van der Waals surface area (Å²) in [4.78, 5) is 11.5. The van der Waals surface area contributed by atoms with Crippen LogP contribution >= 0.6 is 0 Å². The number of ether oxygens (including phenoxy) is 3. The highest BCUT2D eigenvalue weighted by Crippen LogP contribution is 2.32. The molecule has 6 heteroatoms. The molecule has 0 saturated carbocycles. The second-order valence-corrected chi connectivity index (χ2v) is 4.80. The van der Waals surface area contributed by atoms with Crippen LogP contribution in [-0.2, 0) is 9.53 Å². The number of carbonyl (C=O) groups is 1. The van der Waals surface area contributed by atoms with E-state index in [2.05, 4.69) is 5.32 Å². The summed E-state index contributed by atoms with van der Waals surface area (Å²) in [7, 11) is 0. The van der Waals surface area contributed by atoms with Crippen LogP contribution in [0.1, 0.15) is 25.5 Å². The molecule has 2 atom stereocenters. The molecule has 0 aliphatic carbocycles. The Hall–Kier alpha value is -1.79. The molecule has 1 aliphatic heterocycles. The van der Waals surface area contributed by atoms with Gasteiger partial charge in [0.25, 0.3) is 0 Å². The highest BCUT2D eigenvalue weighted by Gasteiger charge is 2.18. The number of benzene rings is 1. The van der Waals surface area contributed by atoms with Gasteiger partial charge in [-0.25, -0.2) is 0 Å². The highest BCUT2D eigenvalue weighted by atomic mass is 16.6. The van der Waals surface area contributed by atoms with Crippen molar-refractivity contribution in [1.82, 2.24) is 5.32 Å². The Morgan fingerprint density at radius 2 is 2.10 bits per heavy atom. The predicted octanol–water partition coefficient (Wildman–Crippen LogP) is 1.03. The van der Waals surface area contributed by atoms with Crippen molar-refractivity contribution in [3.63, 3.8) is 0 Å². The lowest BCUT2D eigenvalue weighted by atomic mass is 10.1. The first-order valence-corrected chi connectivity index (χ1v) is 7.09. The third-order valence-electron chi connectivity index (χ3n) is 3.21. The molecule has 1 aromatic carbocycles. The van der Waals surface area contributed by atoms with Crippen LogP contribution in [0.3, 0.4) is 0 Å². The maximum atomic E-state index is 11.5. The molecule has 116 valence electrons. The van der Waals surface area contributed by atoms with Crippen LogP contribution < -0.4 is 14.8 Å². The van der Waals surface area contributed by atoms with E-state index >= 15 is 0 Å². The SMILES string of the molecule is CCOC(=O)C(C)NCC(O)c1ccc2c(c1)OCCO2. The number of hydrogen-bond acceptors (Lipinski definition) is 6. The van der Waals surface area contributed by atoms with Crippen LogP contribution in [0.2, 0.25) is 0 Å². The van der Waals surface area contributed by atoms with Crippen LogP contribution in [0.5, 0.6) is 11.5 Å². The third-order valence-corrected chi connectivity index (χ3v) is 3.21. The summed E-state index contributed by atoms with van der Waals surface area (Å²) in [5.41, 5.74) is 0.711. The molecule has 0 saturated heterocycles. The molecule has 2 N–H and O–H groups in total. The van der Waals surface area contributed by atoms with E-state index < -0.39 is 12.1 Å². The van der Waals surface area contributed by atoms with Crippen molar-refractivity contribution in [1.29, 1.82) is 0 Å². The van der Waals surface area contributed by atoms with E-state index in [-0.39, 0.29) is 12.5 Å². The lowest BCUT2D eigenvalue weighted by molar-refractivity contribution is -0.145. The fraction of sp³-hybridized carbons (Fsp3) is 0.533. The van der Waals surface area contributed by atoms with Gasteiger partial charge in [0, 0.05) is 6.54 Å². The molecule has 21 heavy (non-hydrogen) atoms. The lowest BCUT2D eigenvalue weighted by Crippen LogP contribution is -2.37. The zero-order chi connectivity index (χ0) is 15.2. The normalized spacial score (nSPS) is 16.1. The number of aliphatic hydroxyl groups is 1. The molecule has 0 bridgehead atoms. The van der Waals surface area contributed by atoms with Crippen LogP contribution in [0.15, 0.2) is 18.2 Å². The van der Waals surface area contributed by atoms with Crippen molar-refractivity contribution in [2.75, 3.05) is 26.4 Å². The second-order valence-electron chi connectivity index (χ2n) is 4.80. The zero-order valence-corrected chi connectivity index (χ0v) is 12.3. The predicted molar refractivity (Wildman–Crippen MR) is 76.5 cm³/mol. The van der Waals surface area contributed by atoms with Gasteiger partial charge in [-0.05, 0) is 31.5 Å². The minimum atomic E-state index is -0.738. The first-order valence-electron chi connectivity index (χ1n) is 7.09. The summed E-state index contributed by atoms with van der Waals surface area (Å²) >= 11 is 0. The summed E-state index contributed by atoms with van der Waals surface area (Å²) < 4.78 is 15.8. The smallest absolute Gasteiger partial charge is 0.322 e. The average Bonchev–Trinajstić information content (AvgIpc) is 2.52. The molecule has 1 aromatic rings. The number of aliphatic hydroxyl groups excluding tert-OH is 1. The van der Waals surface area contributed by atoms with E-state index in [4.69, 9.17) is 14.2 Å². The van der Waals surface area contributed by atoms with E-state index in [1.54, 1.807) is 32.0 Å². The van der Waals surface area contributed by atoms with Gasteiger partial charge < -0.3 is 24.6 Å². The number of esters is 1. The maximum Gasteiger partial charge on any atom is 0.322 e. The molecule has 0 radical (unpaired) electrons. The minimum absolute atomic E-state index is 0.250. The van der Waals surface area contributed by atoms with Crippen LogP contribution in [0.4, 0.5) is 0 Å². The van der Waals surface area contributed by atoms with Crippen LogP contribution in [0, 0.1) is 0 Å². The Morgan fingerprint density at radius 1 is 1.38 bits per heavy atom. The number of hydrogen-bond donors (Lipinski definition) is 2. The first kappa shape index (κ1) is 15.6. The number of fused-ring (bicyclic) bond motifs is 1. The van der Waals surface area contributed by atoms with Gasteiger partial charge in [-0.15, -0.1) is 0 Å². The molecule has 0 fully saturated rings. The van der Waals surface area contributed by atoms with Crippen molar-refractivity contribution in [2.45, 2.75) is 26.0 Å². The maximum absolute atomic E-state index is 11.5. The van der Waals surface area contributed by atoms with Gasteiger partial charge in [-0.2, -0.15) is 0 Å². The Morgan fingerprint density at radius 3 is 2.81 bits per heavy atom. The first-order chi connectivity index (χ1) is 10.1. The van der Waals surface area contributed by atoms with E-state index in [1.807, 2.05) is 0 Å². The van der Waals surface area contributed by atoms with Gasteiger partial charge in [-0.3, -0.25) is 4.79 Å². The minimum Gasteiger partial charge on any atom is -0.486 e. The molecule has 0 aromatic heterocycles. The van der Waals surface area contributed by atoms with Crippen molar-refractivity contribution in [2.24, 2.45) is 0 Å². The van der Waals surface area contributed by atoms with Crippen molar-refractivity contribution in [3.05, 3.63) is 23.8 Å². The van der Waals surface area contributed by atoms with Crippen molar-refractivity contribution >= 4 is 5.97 Å². The standard InChI is InChI=1S/C15H21NO5/c1-3-19-15(18)10(2)16-9-12(17)11-4-5-13-14(8-11)21-7-6-20-13/h4-5,8,10,12,16-17H,3,6-7,9H2,1-2H3. The van der Waals surface area contributed by atoms with E-state index in [0.717, 1.165) is 0 Å². The van der Waals surface area contributed by atoms with Gasteiger partial charge >= 0.3 is 5.97 Å². The summed E-state index contributed by atoms with van der Waals surface area (Å²) in [5.74, 6) is 0.994. The second kappa shape index (κ2) is 7.28. The van der Waals surface area contributed by atoms with Crippen molar-refractivity contribution in [3.8, 4) is 11.5 Å². The van der Waals surface area contributed by atoms with Gasteiger partial charge in [0.2, 0.25) is 0 Å². The quantitative estimate of drug-likeness (QED) is 0.763. The molecule has 0 amide bonds. The summed E-state index contributed by atoms with van der Waals surface area (Å²) in [6.45, 7) is 5.09. The van der Waals surface area contributed by atoms with E-state index in [0.29, 0.717) is 36.9 Å². The fourth-order valence-electron chi connectivity index (χ4n) is 2.02. The van der Waals surface area contributed by atoms with E-state index in [9.17, 15) is 9.90 Å². The number of nitrogens with one attached hydrogen (secondary N) is 1. The average molecular weight is 295 g/mol. The topological polar surface area (TPSA) is 77.0 Å². The largest absolute Gasteiger partial charge is 0.486 e. The summed E-state index contributed by atoms with van der Waals surface area (Å²) in [6.07, 6.45) is -0.738. The lowest BCUT2D eigenvalue weighted by Gasteiger charge is -2.21. The molecule has 2 rings (SSSR count). The zero-order valence-electron chi connectivity index (χ0n) is 12.3. The summed E-state index contributed by atoms with van der Waals surface area (Å²) in [5, 5.41) is 13.1. The Kier molecular flexibility index (Phi) is 5.41. The molecule has 6 nitrogen and oxygen atoms in total. The molecule has 2 unspecified atom stereocenters. The molecule has 1 heterocycles. The summed E-state index contributed by atoms with van der Waals surface area (Å²) in [6, 6.07) is 4.86.